The predicted molar refractivity (Wildman–Crippen MR) is 84.2 cm³/mol. The first kappa shape index (κ1) is 14.4. The minimum absolute atomic E-state index is 0.356. The van der Waals surface area contributed by atoms with Gasteiger partial charge in [-0.15, -0.1) is 11.6 Å². The van der Waals surface area contributed by atoms with E-state index in [-0.39, 0.29) is 0 Å². The molecule has 2 saturated carbocycles. The Bertz CT molecular complexity index is 422. The molecule has 20 heavy (non-hydrogen) atoms. The molecule has 1 aromatic rings. The van der Waals surface area contributed by atoms with Crippen LogP contribution < -0.4 is 0 Å². The Labute approximate surface area is 127 Å². The van der Waals surface area contributed by atoms with Gasteiger partial charge in [0.25, 0.3) is 0 Å². The maximum Gasteiger partial charge on any atom is 0.0628 e. The van der Waals surface area contributed by atoms with Crippen molar-refractivity contribution in [3.63, 3.8) is 0 Å². The summed E-state index contributed by atoms with van der Waals surface area (Å²) in [6.45, 7) is 2.31. The molecule has 112 valence electrons. The van der Waals surface area contributed by atoms with Crippen molar-refractivity contribution >= 4 is 11.6 Å². The Morgan fingerprint density at radius 1 is 1.25 bits per heavy atom. The molecule has 0 aliphatic heterocycles. The van der Waals surface area contributed by atoms with Crippen molar-refractivity contribution in [1.82, 2.24) is 9.78 Å². The monoisotopic (exact) mass is 294 g/mol. The van der Waals surface area contributed by atoms with Gasteiger partial charge in [-0.2, -0.15) is 5.10 Å². The highest BCUT2D eigenvalue weighted by Crippen LogP contribution is 2.36. The Hall–Kier alpha value is -0.500. The third kappa shape index (κ3) is 3.21. The van der Waals surface area contributed by atoms with Crippen LogP contribution in [-0.4, -0.2) is 15.2 Å². The molecule has 0 aromatic carbocycles. The Morgan fingerprint density at radius 2 is 2.05 bits per heavy atom. The third-order valence-electron chi connectivity index (χ3n) is 5.41. The molecule has 2 nitrogen and oxygen atoms in total. The van der Waals surface area contributed by atoms with Gasteiger partial charge in [0, 0.05) is 11.6 Å². The van der Waals surface area contributed by atoms with E-state index < -0.39 is 0 Å². The molecule has 0 spiro atoms. The minimum Gasteiger partial charge on any atom is -0.269 e. The molecule has 0 N–H and O–H groups in total. The number of nitrogens with zero attached hydrogens (tertiary/aromatic N) is 2. The second kappa shape index (κ2) is 6.51. The van der Waals surface area contributed by atoms with E-state index in [2.05, 4.69) is 23.9 Å². The topological polar surface area (TPSA) is 17.8 Å². The van der Waals surface area contributed by atoms with E-state index in [0.717, 1.165) is 12.3 Å². The molecule has 0 bridgehead atoms. The van der Waals surface area contributed by atoms with Crippen LogP contribution in [0.5, 0.6) is 0 Å². The molecule has 1 aromatic heterocycles. The van der Waals surface area contributed by atoms with Crippen LogP contribution in [0.25, 0.3) is 0 Å². The van der Waals surface area contributed by atoms with Gasteiger partial charge in [-0.25, -0.2) is 0 Å². The maximum absolute atomic E-state index is 6.55. The lowest BCUT2D eigenvalue weighted by molar-refractivity contribution is 0.263. The predicted octanol–water partition coefficient (Wildman–Crippen LogP) is 4.97. The third-order valence-corrected chi connectivity index (χ3v) is 5.98. The first-order valence-corrected chi connectivity index (χ1v) is 8.88. The molecule has 3 heteroatoms. The molecular formula is C17H27ClN2. The number of halogens is 1. The van der Waals surface area contributed by atoms with Gasteiger partial charge in [0.05, 0.1) is 11.7 Å². The van der Waals surface area contributed by atoms with Crippen molar-refractivity contribution < 1.29 is 0 Å². The Morgan fingerprint density at radius 3 is 2.80 bits per heavy atom. The summed E-state index contributed by atoms with van der Waals surface area (Å²) < 4.78 is 2.21. The number of aromatic nitrogens is 2. The molecule has 1 heterocycles. The van der Waals surface area contributed by atoms with Crippen LogP contribution in [-0.2, 0) is 6.42 Å². The lowest BCUT2D eigenvalue weighted by Crippen LogP contribution is -2.27. The highest BCUT2D eigenvalue weighted by atomic mass is 35.5. The lowest BCUT2D eigenvalue weighted by atomic mass is 9.78. The largest absolute Gasteiger partial charge is 0.269 e. The molecule has 3 rings (SSSR count). The van der Waals surface area contributed by atoms with Gasteiger partial charge in [-0.3, -0.25) is 4.68 Å². The molecule has 2 fully saturated rings. The first-order valence-electron chi connectivity index (χ1n) is 8.44. The van der Waals surface area contributed by atoms with Gasteiger partial charge in [-0.1, -0.05) is 26.2 Å². The van der Waals surface area contributed by atoms with Crippen LogP contribution in [0.1, 0.15) is 70.0 Å². The highest BCUT2D eigenvalue weighted by Gasteiger charge is 2.29. The highest BCUT2D eigenvalue weighted by molar-refractivity contribution is 6.20. The summed E-state index contributed by atoms with van der Waals surface area (Å²) in [6, 6.07) is 2.88. The van der Waals surface area contributed by atoms with E-state index in [1.807, 2.05) is 0 Å². The average molecular weight is 295 g/mol. The molecule has 0 radical (unpaired) electrons. The molecular weight excluding hydrogens is 268 g/mol. The summed E-state index contributed by atoms with van der Waals surface area (Å²) in [4.78, 5) is 0. The summed E-state index contributed by atoms with van der Waals surface area (Å²) in [6.07, 6.45) is 13.7. The molecule has 2 aliphatic rings. The summed E-state index contributed by atoms with van der Waals surface area (Å²) in [5.74, 6) is 1.51. The van der Waals surface area contributed by atoms with Crippen molar-refractivity contribution in [2.24, 2.45) is 11.8 Å². The number of hydrogen-bond acceptors (Lipinski definition) is 1. The molecule has 3 atom stereocenters. The zero-order valence-corrected chi connectivity index (χ0v) is 13.4. The van der Waals surface area contributed by atoms with Crippen LogP contribution in [0, 0.1) is 11.8 Å². The SMILES string of the molecule is CCC1CCC(Cl)C(Cc2ccn(C3CCCC3)n2)C1. The minimum atomic E-state index is 0.356. The summed E-state index contributed by atoms with van der Waals surface area (Å²) in [5, 5.41) is 5.19. The van der Waals surface area contributed by atoms with Gasteiger partial charge in [0.2, 0.25) is 0 Å². The molecule has 2 aliphatic carbocycles. The van der Waals surface area contributed by atoms with E-state index in [4.69, 9.17) is 16.7 Å². The zero-order valence-electron chi connectivity index (χ0n) is 12.6. The number of hydrogen-bond donors (Lipinski definition) is 0. The lowest BCUT2D eigenvalue weighted by Gasteiger charge is -2.32. The van der Waals surface area contributed by atoms with Crippen molar-refractivity contribution in [3.05, 3.63) is 18.0 Å². The Kier molecular flexibility index (Phi) is 4.70. The van der Waals surface area contributed by atoms with Crippen molar-refractivity contribution in [2.45, 2.75) is 76.1 Å². The van der Waals surface area contributed by atoms with Gasteiger partial charge in [0.1, 0.15) is 0 Å². The smallest absolute Gasteiger partial charge is 0.0628 e. The van der Waals surface area contributed by atoms with Crippen LogP contribution >= 0.6 is 11.6 Å². The average Bonchev–Trinajstić information content (AvgIpc) is 3.12. The van der Waals surface area contributed by atoms with Gasteiger partial charge >= 0.3 is 0 Å². The van der Waals surface area contributed by atoms with Crippen LogP contribution in [0.3, 0.4) is 0 Å². The van der Waals surface area contributed by atoms with Gasteiger partial charge < -0.3 is 0 Å². The fourth-order valence-corrected chi connectivity index (χ4v) is 4.35. The summed E-state index contributed by atoms with van der Waals surface area (Å²) in [7, 11) is 0. The normalized spacial score (nSPS) is 31.8. The molecule has 3 unspecified atom stereocenters. The second-order valence-corrected chi connectivity index (χ2v) is 7.35. The summed E-state index contributed by atoms with van der Waals surface area (Å²) in [5.41, 5.74) is 1.25. The second-order valence-electron chi connectivity index (χ2n) is 6.79. The van der Waals surface area contributed by atoms with Crippen LogP contribution in [0.2, 0.25) is 0 Å². The van der Waals surface area contributed by atoms with Crippen molar-refractivity contribution in [2.75, 3.05) is 0 Å². The van der Waals surface area contributed by atoms with Crippen molar-refractivity contribution in [3.8, 4) is 0 Å². The van der Waals surface area contributed by atoms with E-state index >= 15 is 0 Å². The van der Waals surface area contributed by atoms with Gasteiger partial charge in [-0.05, 0) is 56.4 Å². The van der Waals surface area contributed by atoms with E-state index in [1.165, 1.54) is 57.1 Å². The van der Waals surface area contributed by atoms with E-state index in [1.54, 1.807) is 0 Å². The standard InChI is InChI=1S/C17H27ClN2/c1-2-13-7-8-17(18)14(11-13)12-15-9-10-20(19-15)16-5-3-4-6-16/h9-10,13-14,16-17H,2-8,11-12H2,1H3. The quantitative estimate of drug-likeness (QED) is 0.717. The fourth-order valence-electron chi connectivity index (χ4n) is 4.03. The zero-order chi connectivity index (χ0) is 13.9. The Balaban J connectivity index is 1.61. The van der Waals surface area contributed by atoms with Crippen LogP contribution in [0.4, 0.5) is 0 Å². The summed E-state index contributed by atoms with van der Waals surface area (Å²) >= 11 is 6.55. The maximum atomic E-state index is 6.55. The van der Waals surface area contributed by atoms with Crippen LogP contribution in [0.15, 0.2) is 12.3 Å². The van der Waals surface area contributed by atoms with Crippen molar-refractivity contribution in [1.29, 1.82) is 0 Å². The number of alkyl halides is 1. The fraction of sp³-hybridized carbons (Fsp3) is 0.824. The first-order chi connectivity index (χ1) is 9.76. The molecule has 0 saturated heterocycles. The van der Waals surface area contributed by atoms with E-state index in [0.29, 0.717) is 17.3 Å². The molecule has 0 amide bonds. The number of rotatable bonds is 4. The van der Waals surface area contributed by atoms with E-state index in [9.17, 15) is 0 Å². The van der Waals surface area contributed by atoms with Gasteiger partial charge in [0.15, 0.2) is 0 Å².